The van der Waals surface area contributed by atoms with Crippen LogP contribution in [-0.2, 0) is 19.8 Å². The molecule has 1 rings (SSSR count). The number of anilines is 1. The van der Waals surface area contributed by atoms with E-state index in [1.165, 1.54) is 4.90 Å². The number of nitro benzene ring substituents is 2. The monoisotopic (exact) mass is 573 g/mol. The van der Waals surface area contributed by atoms with E-state index in [2.05, 4.69) is 0 Å². The molecule has 0 heterocycles. The molecule has 1 N–H and O–H groups in total. The first-order valence-electron chi connectivity index (χ1n) is 12.2. The van der Waals surface area contributed by atoms with Crippen molar-refractivity contribution in [1.29, 1.82) is 0 Å². The van der Waals surface area contributed by atoms with Gasteiger partial charge in [-0.2, -0.15) is 13.2 Å². The van der Waals surface area contributed by atoms with Crippen LogP contribution >= 0.6 is 7.82 Å². The Hall–Kier alpha value is -2.32. The summed E-state index contributed by atoms with van der Waals surface area (Å²) in [7, 11) is 1.55. The van der Waals surface area contributed by atoms with Gasteiger partial charge in [-0.1, -0.05) is 26.2 Å². The van der Waals surface area contributed by atoms with Crippen molar-refractivity contribution >= 4 is 24.9 Å². The molecule has 0 spiro atoms. The number of phosphoric ester groups is 1. The number of rotatable bonds is 18. The molecule has 218 valence electrons. The van der Waals surface area contributed by atoms with Crippen molar-refractivity contribution < 1.29 is 46.0 Å². The molecule has 0 bridgehead atoms. The van der Waals surface area contributed by atoms with Gasteiger partial charge in [0.2, 0.25) is 0 Å². The lowest BCUT2D eigenvalue weighted by atomic mass is 10.1. The second-order valence-corrected chi connectivity index (χ2v) is 11.2. The third-order valence-corrected chi connectivity index (χ3v) is 6.50. The van der Waals surface area contributed by atoms with E-state index >= 15 is 0 Å². The highest BCUT2D eigenvalue weighted by Crippen LogP contribution is 2.44. The van der Waals surface area contributed by atoms with Crippen molar-refractivity contribution in [2.45, 2.75) is 51.6 Å². The van der Waals surface area contributed by atoms with Gasteiger partial charge in [-0.25, -0.2) is 4.57 Å². The number of hydrogen-bond donors (Lipinski definition) is 1. The van der Waals surface area contributed by atoms with Gasteiger partial charge in [-0.05, 0) is 19.3 Å². The number of nitro groups is 2. The van der Waals surface area contributed by atoms with Crippen LogP contribution < -0.4 is 4.90 Å². The van der Waals surface area contributed by atoms with Crippen LogP contribution in [0.5, 0.6) is 0 Å². The van der Waals surface area contributed by atoms with Crippen LogP contribution in [0.1, 0.15) is 51.0 Å². The summed E-state index contributed by atoms with van der Waals surface area (Å²) >= 11 is 0. The topological polar surface area (TPSA) is 145 Å². The van der Waals surface area contributed by atoms with Gasteiger partial charge in [0.15, 0.2) is 5.69 Å². The zero-order chi connectivity index (χ0) is 29.1. The van der Waals surface area contributed by atoms with Gasteiger partial charge in [0, 0.05) is 25.2 Å². The lowest BCUT2D eigenvalue weighted by Gasteiger charge is -2.25. The zero-order valence-corrected chi connectivity index (χ0v) is 23.0. The predicted molar refractivity (Wildman–Crippen MR) is 135 cm³/mol. The molecule has 0 fully saturated rings. The maximum absolute atomic E-state index is 13.2. The SMILES string of the molecule is CCCCN(CCCCCCOP(=O)(O)OCC[N+](C)(C)C)c1c([N+](=O)[O-])cc(C(F)(F)F)cc1[N+](=O)[O-]. The van der Waals surface area contributed by atoms with Crippen molar-refractivity contribution in [3.8, 4) is 0 Å². The molecule has 16 heteroatoms. The fraction of sp³-hybridized carbons (Fsp3) is 0.727. The third-order valence-electron chi connectivity index (χ3n) is 5.48. The summed E-state index contributed by atoms with van der Waals surface area (Å²) in [6.45, 7) is 2.70. The van der Waals surface area contributed by atoms with Crippen LogP contribution in [0.4, 0.5) is 30.2 Å². The minimum Gasteiger partial charge on any atom is -0.360 e. The van der Waals surface area contributed by atoms with Crippen LogP contribution in [0.2, 0.25) is 0 Å². The van der Waals surface area contributed by atoms with Gasteiger partial charge in [0.1, 0.15) is 13.2 Å². The van der Waals surface area contributed by atoms with Crippen molar-refractivity contribution in [1.82, 2.24) is 0 Å². The minimum atomic E-state index is -4.99. The maximum Gasteiger partial charge on any atom is 0.472 e. The molecule has 1 aromatic carbocycles. The Kier molecular flexibility index (Phi) is 13.1. The molecule has 38 heavy (non-hydrogen) atoms. The first-order valence-corrected chi connectivity index (χ1v) is 13.7. The quantitative estimate of drug-likeness (QED) is 0.0788. The summed E-state index contributed by atoms with van der Waals surface area (Å²) in [6.07, 6.45) is -1.87. The number of halogens is 3. The molecule has 0 aliphatic carbocycles. The fourth-order valence-corrected chi connectivity index (χ4v) is 4.21. The zero-order valence-electron chi connectivity index (χ0n) is 22.1. The van der Waals surface area contributed by atoms with Crippen molar-refractivity contribution in [3.05, 3.63) is 37.9 Å². The number of nitrogens with zero attached hydrogens (tertiary/aromatic N) is 4. The summed E-state index contributed by atoms with van der Waals surface area (Å²) < 4.78 is 62.0. The van der Waals surface area contributed by atoms with E-state index in [9.17, 15) is 42.9 Å². The highest BCUT2D eigenvalue weighted by molar-refractivity contribution is 7.47. The van der Waals surface area contributed by atoms with Crippen LogP contribution in [0.15, 0.2) is 12.1 Å². The molecule has 0 radical (unpaired) electrons. The van der Waals surface area contributed by atoms with Crippen LogP contribution in [0.25, 0.3) is 0 Å². The molecule has 12 nitrogen and oxygen atoms in total. The van der Waals surface area contributed by atoms with Gasteiger partial charge < -0.3 is 14.3 Å². The molecule has 1 aromatic rings. The van der Waals surface area contributed by atoms with Crippen LogP contribution in [-0.4, -0.2) is 73.2 Å². The Morgan fingerprint density at radius 3 is 1.92 bits per heavy atom. The molecule has 1 unspecified atom stereocenters. The molecule has 0 aliphatic rings. The lowest BCUT2D eigenvalue weighted by Crippen LogP contribution is -2.37. The smallest absolute Gasteiger partial charge is 0.360 e. The number of quaternary nitrogens is 1. The molecule has 0 saturated heterocycles. The Morgan fingerprint density at radius 1 is 0.947 bits per heavy atom. The van der Waals surface area contributed by atoms with Gasteiger partial charge >= 0.3 is 14.0 Å². The van der Waals surface area contributed by atoms with Gasteiger partial charge in [0.05, 0.1) is 43.2 Å². The van der Waals surface area contributed by atoms with Gasteiger partial charge in [-0.15, -0.1) is 0 Å². The van der Waals surface area contributed by atoms with E-state index in [1.54, 1.807) is 0 Å². The Bertz CT molecular complexity index is 953. The molecule has 0 amide bonds. The van der Waals surface area contributed by atoms with Crippen LogP contribution in [0, 0.1) is 20.2 Å². The number of hydrogen-bond acceptors (Lipinski definition) is 8. The van der Waals surface area contributed by atoms with Crippen molar-refractivity contribution in [3.63, 3.8) is 0 Å². The highest BCUT2D eigenvalue weighted by atomic mass is 31.2. The number of phosphoric acid groups is 1. The predicted octanol–water partition coefficient (Wildman–Crippen LogP) is 5.53. The lowest BCUT2D eigenvalue weighted by molar-refractivity contribution is -0.870. The van der Waals surface area contributed by atoms with E-state index in [0.717, 1.165) is 0 Å². The molecule has 1 atom stereocenters. The molecule has 0 aliphatic heterocycles. The minimum absolute atomic E-state index is 0.0342. The van der Waals surface area contributed by atoms with E-state index in [1.807, 2.05) is 28.1 Å². The Balaban J connectivity index is 2.82. The van der Waals surface area contributed by atoms with Crippen LogP contribution in [0.3, 0.4) is 0 Å². The standard InChI is InChI=1S/C22H36F3N4O8P/c1-5-6-11-26(12-9-7-8-10-14-36-38(34,35)37-15-13-29(2,3)4)21-19(27(30)31)16-18(22(23,24)25)17-20(21)28(32)33/h16-17H,5-15H2,1-4H3/p+1. The molecular formula is C22H37F3N4O8P+. The molecular weight excluding hydrogens is 536 g/mol. The first kappa shape index (κ1) is 33.7. The van der Waals surface area contributed by atoms with Crippen molar-refractivity contribution in [2.75, 3.05) is 58.9 Å². The second-order valence-electron chi connectivity index (χ2n) is 9.78. The number of benzene rings is 1. The van der Waals surface area contributed by atoms with Gasteiger partial charge in [-0.3, -0.25) is 29.3 Å². The van der Waals surface area contributed by atoms with E-state index in [-0.39, 0.29) is 26.3 Å². The average molecular weight is 574 g/mol. The number of alkyl halides is 3. The third kappa shape index (κ3) is 12.0. The number of likely N-dealkylation sites (N-methyl/N-ethyl adjacent to an activating group) is 1. The number of unbranched alkanes of at least 4 members (excludes halogenated alkanes) is 4. The largest absolute Gasteiger partial charge is 0.472 e. The average Bonchev–Trinajstić information content (AvgIpc) is 2.77. The second kappa shape index (κ2) is 14.7. The van der Waals surface area contributed by atoms with E-state index in [0.29, 0.717) is 61.7 Å². The summed E-state index contributed by atoms with van der Waals surface area (Å²) in [5, 5.41) is 23.2. The van der Waals surface area contributed by atoms with E-state index < -0.39 is 46.5 Å². The maximum atomic E-state index is 13.2. The summed E-state index contributed by atoms with van der Waals surface area (Å²) in [5.41, 5.74) is -3.85. The summed E-state index contributed by atoms with van der Waals surface area (Å²) in [6, 6.07) is 0.656. The van der Waals surface area contributed by atoms with E-state index in [4.69, 9.17) is 9.05 Å². The summed E-state index contributed by atoms with van der Waals surface area (Å²) in [5.74, 6) is 0. The summed E-state index contributed by atoms with van der Waals surface area (Å²) in [4.78, 5) is 32.3. The molecule has 0 aromatic heterocycles. The Labute approximate surface area is 219 Å². The van der Waals surface area contributed by atoms with Gasteiger partial charge in [0.25, 0.3) is 11.4 Å². The first-order chi connectivity index (χ1) is 17.5. The Morgan fingerprint density at radius 2 is 1.45 bits per heavy atom. The normalized spacial score (nSPS) is 13.8. The highest BCUT2D eigenvalue weighted by Gasteiger charge is 2.39. The molecule has 0 saturated carbocycles. The van der Waals surface area contributed by atoms with Crippen molar-refractivity contribution in [2.24, 2.45) is 0 Å². The fourth-order valence-electron chi connectivity index (χ4n) is 3.46.